The zero-order valence-corrected chi connectivity index (χ0v) is 10.8. The molecule has 1 heterocycles. The van der Waals surface area contributed by atoms with Gasteiger partial charge >= 0.3 is 5.97 Å². The number of hydrogen-bond acceptors (Lipinski definition) is 4. The Morgan fingerprint density at radius 2 is 2.11 bits per heavy atom. The van der Waals surface area contributed by atoms with Gasteiger partial charge in [-0.05, 0) is 19.3 Å². The van der Waals surface area contributed by atoms with E-state index >= 15 is 0 Å². The fraction of sp³-hybridized carbons (Fsp3) is 0.636. The zero-order chi connectivity index (χ0) is 13.7. The molecule has 0 radical (unpaired) electrons. The molecule has 0 aliphatic carbocycles. The average molecular weight is 254 g/mol. The summed E-state index contributed by atoms with van der Waals surface area (Å²) in [6.45, 7) is 6.27. The second kappa shape index (κ2) is 6.13. The number of rotatable bonds is 6. The summed E-state index contributed by atoms with van der Waals surface area (Å²) in [5.74, 6) is -1.07. The quantitative estimate of drug-likeness (QED) is 0.771. The lowest BCUT2D eigenvalue weighted by Crippen LogP contribution is -2.38. The Labute approximate surface area is 105 Å². The third-order valence-electron chi connectivity index (χ3n) is 2.42. The van der Waals surface area contributed by atoms with Gasteiger partial charge in [0.1, 0.15) is 6.04 Å². The molecule has 0 aliphatic heterocycles. The van der Waals surface area contributed by atoms with Crippen molar-refractivity contribution in [3.8, 4) is 0 Å². The summed E-state index contributed by atoms with van der Waals surface area (Å²) in [7, 11) is 0. The van der Waals surface area contributed by atoms with Crippen LogP contribution in [0.1, 0.15) is 37.7 Å². The second-order valence-electron chi connectivity index (χ2n) is 4.58. The molecule has 0 unspecified atom stereocenters. The summed E-state index contributed by atoms with van der Waals surface area (Å²) >= 11 is 0. The molecule has 0 saturated carbocycles. The van der Waals surface area contributed by atoms with Crippen molar-refractivity contribution in [2.75, 3.05) is 0 Å². The van der Waals surface area contributed by atoms with Gasteiger partial charge in [-0.3, -0.25) is 14.3 Å². The molecule has 1 aromatic rings. The van der Waals surface area contributed by atoms with Gasteiger partial charge in [0, 0.05) is 6.54 Å². The number of aryl methyl sites for hydroxylation is 1. The van der Waals surface area contributed by atoms with Gasteiger partial charge < -0.3 is 10.4 Å². The lowest BCUT2D eigenvalue weighted by Gasteiger charge is -2.06. The van der Waals surface area contributed by atoms with E-state index in [0.717, 1.165) is 6.42 Å². The topological polar surface area (TPSA) is 97.1 Å². The highest BCUT2D eigenvalue weighted by molar-refractivity contribution is 5.94. The van der Waals surface area contributed by atoms with Crippen LogP contribution >= 0.6 is 0 Å². The van der Waals surface area contributed by atoms with E-state index in [2.05, 4.69) is 29.5 Å². The Hall–Kier alpha value is -1.92. The number of hydrogen-bond donors (Lipinski definition) is 2. The van der Waals surface area contributed by atoms with E-state index in [9.17, 15) is 9.59 Å². The molecule has 0 aliphatic rings. The van der Waals surface area contributed by atoms with Crippen molar-refractivity contribution < 1.29 is 14.7 Å². The van der Waals surface area contributed by atoms with E-state index in [1.807, 2.05) is 0 Å². The van der Waals surface area contributed by atoms with Crippen LogP contribution in [0.4, 0.5) is 0 Å². The van der Waals surface area contributed by atoms with Crippen molar-refractivity contribution >= 4 is 11.9 Å². The lowest BCUT2D eigenvalue weighted by molar-refractivity contribution is -0.138. The minimum absolute atomic E-state index is 0.131. The molecule has 0 bridgehead atoms. The Bertz CT molecular complexity index is 428. The number of nitrogens with zero attached hydrogens (tertiary/aromatic N) is 3. The first-order valence-corrected chi connectivity index (χ1v) is 5.84. The molecule has 1 rings (SSSR count). The molecule has 0 aromatic carbocycles. The van der Waals surface area contributed by atoms with Crippen LogP contribution in [0.5, 0.6) is 0 Å². The molecule has 7 nitrogen and oxygen atoms in total. The largest absolute Gasteiger partial charge is 0.480 e. The molecular formula is C11H18N4O3. The van der Waals surface area contributed by atoms with Gasteiger partial charge in [0.2, 0.25) is 0 Å². The number of aliphatic carboxylic acids is 1. The van der Waals surface area contributed by atoms with Crippen LogP contribution in [-0.4, -0.2) is 38.0 Å². The predicted molar refractivity (Wildman–Crippen MR) is 64.0 cm³/mol. The summed E-state index contributed by atoms with van der Waals surface area (Å²) in [5.41, 5.74) is 0.131. The number of carboxylic acids is 1. The molecule has 1 amide bonds. The highest BCUT2D eigenvalue weighted by Gasteiger charge is 2.17. The van der Waals surface area contributed by atoms with Gasteiger partial charge in [-0.1, -0.05) is 19.1 Å². The predicted octanol–water partition coefficient (Wildman–Crippen LogP) is 0.527. The van der Waals surface area contributed by atoms with Crippen molar-refractivity contribution in [3.05, 3.63) is 11.9 Å². The lowest BCUT2D eigenvalue weighted by atomic mass is 10.1. The maximum atomic E-state index is 11.6. The Balaban J connectivity index is 2.57. The second-order valence-corrected chi connectivity index (χ2v) is 4.58. The van der Waals surface area contributed by atoms with Crippen molar-refractivity contribution in [1.29, 1.82) is 0 Å². The molecule has 2 N–H and O–H groups in total. The normalized spacial score (nSPS) is 12.4. The third kappa shape index (κ3) is 4.15. The van der Waals surface area contributed by atoms with Crippen molar-refractivity contribution in [2.24, 2.45) is 5.92 Å². The highest BCUT2D eigenvalue weighted by Crippen LogP contribution is 2.02. The van der Waals surface area contributed by atoms with E-state index in [0.29, 0.717) is 12.5 Å². The zero-order valence-electron chi connectivity index (χ0n) is 10.8. The number of aromatic nitrogens is 3. The van der Waals surface area contributed by atoms with Crippen molar-refractivity contribution in [2.45, 2.75) is 39.8 Å². The van der Waals surface area contributed by atoms with Gasteiger partial charge in [-0.2, -0.15) is 0 Å². The molecule has 0 spiro atoms. The number of carboxylic acid groups (broad SMARTS) is 1. The Morgan fingerprint density at radius 3 is 2.67 bits per heavy atom. The van der Waals surface area contributed by atoms with Crippen molar-refractivity contribution in [3.63, 3.8) is 0 Å². The molecule has 18 heavy (non-hydrogen) atoms. The Kier molecular flexibility index (Phi) is 4.82. The number of nitrogens with one attached hydrogen (secondary N) is 1. The molecular weight excluding hydrogens is 236 g/mol. The number of amides is 1. The summed E-state index contributed by atoms with van der Waals surface area (Å²) in [6, 6.07) is -0.946. The minimum Gasteiger partial charge on any atom is -0.480 e. The van der Waals surface area contributed by atoms with Crippen LogP contribution in [0, 0.1) is 5.92 Å². The van der Waals surface area contributed by atoms with E-state index in [4.69, 9.17) is 5.11 Å². The summed E-state index contributed by atoms with van der Waals surface area (Å²) < 4.78 is 1.58. The SMILES string of the molecule is CC(C)CCn1cc(C(=O)N[C@@H](C)C(=O)O)nn1. The standard InChI is InChI=1S/C11H18N4O3/c1-7(2)4-5-15-6-9(13-14-15)10(16)12-8(3)11(17)18/h6-8H,4-5H2,1-3H3,(H,12,16)(H,17,18)/t8-/m0/s1. The first kappa shape index (κ1) is 14.1. The van der Waals surface area contributed by atoms with Crippen LogP contribution in [0.15, 0.2) is 6.20 Å². The Morgan fingerprint density at radius 1 is 1.44 bits per heavy atom. The van der Waals surface area contributed by atoms with E-state index in [-0.39, 0.29) is 5.69 Å². The molecule has 0 fully saturated rings. The van der Waals surface area contributed by atoms with E-state index in [1.165, 1.54) is 13.1 Å². The van der Waals surface area contributed by atoms with E-state index in [1.54, 1.807) is 4.68 Å². The van der Waals surface area contributed by atoms with Crippen LogP contribution in [-0.2, 0) is 11.3 Å². The fourth-order valence-corrected chi connectivity index (χ4v) is 1.23. The molecule has 100 valence electrons. The van der Waals surface area contributed by atoms with Gasteiger partial charge in [0.25, 0.3) is 5.91 Å². The average Bonchev–Trinajstić information content (AvgIpc) is 2.74. The smallest absolute Gasteiger partial charge is 0.325 e. The summed E-state index contributed by atoms with van der Waals surface area (Å²) in [5, 5.41) is 18.5. The molecule has 0 saturated heterocycles. The number of carbonyl (C=O) groups is 2. The first-order chi connectivity index (χ1) is 8.40. The maximum absolute atomic E-state index is 11.6. The van der Waals surface area contributed by atoms with Crippen LogP contribution in [0.25, 0.3) is 0 Å². The fourth-order valence-electron chi connectivity index (χ4n) is 1.23. The maximum Gasteiger partial charge on any atom is 0.325 e. The van der Waals surface area contributed by atoms with Gasteiger partial charge in [0.05, 0.1) is 6.20 Å². The van der Waals surface area contributed by atoms with Crippen LogP contribution in [0.2, 0.25) is 0 Å². The van der Waals surface area contributed by atoms with Gasteiger partial charge in [-0.25, -0.2) is 0 Å². The van der Waals surface area contributed by atoms with Gasteiger partial charge in [-0.15, -0.1) is 5.10 Å². The molecule has 1 aromatic heterocycles. The molecule has 1 atom stereocenters. The minimum atomic E-state index is -1.09. The summed E-state index contributed by atoms with van der Waals surface area (Å²) in [6.07, 6.45) is 2.46. The third-order valence-corrected chi connectivity index (χ3v) is 2.42. The monoisotopic (exact) mass is 254 g/mol. The van der Waals surface area contributed by atoms with Crippen molar-refractivity contribution in [1.82, 2.24) is 20.3 Å². The first-order valence-electron chi connectivity index (χ1n) is 5.84. The number of carbonyl (C=O) groups excluding carboxylic acids is 1. The van der Waals surface area contributed by atoms with E-state index < -0.39 is 17.9 Å². The van der Waals surface area contributed by atoms with Crippen LogP contribution < -0.4 is 5.32 Å². The highest BCUT2D eigenvalue weighted by atomic mass is 16.4. The summed E-state index contributed by atoms with van der Waals surface area (Å²) in [4.78, 5) is 22.2. The van der Waals surface area contributed by atoms with Crippen LogP contribution in [0.3, 0.4) is 0 Å². The molecule has 7 heteroatoms. The van der Waals surface area contributed by atoms with Gasteiger partial charge in [0.15, 0.2) is 5.69 Å².